The quantitative estimate of drug-likeness (QED) is 0.510. The molecule has 0 saturated carbocycles. The Labute approximate surface area is 200 Å². The second-order valence-corrected chi connectivity index (χ2v) is 8.77. The van der Waals surface area contributed by atoms with Gasteiger partial charge in [-0.25, -0.2) is 0 Å². The monoisotopic (exact) mass is 486 g/mol. The molecular formula is C24H19Cl3N3O2+. The normalized spacial score (nSPS) is 19.1. The van der Waals surface area contributed by atoms with Gasteiger partial charge in [0.2, 0.25) is 12.3 Å². The number of nitrogens with zero attached hydrogens (tertiary/aromatic N) is 1. The number of rotatable bonds is 4. The Hall–Kier alpha value is -2.86. The summed E-state index contributed by atoms with van der Waals surface area (Å²) in [5.74, 6) is -0.678. The minimum atomic E-state index is -0.840. The molecule has 1 saturated heterocycles. The fraction of sp³-hybridized carbons (Fsp3) is 0.125. The van der Waals surface area contributed by atoms with Crippen molar-refractivity contribution in [2.24, 2.45) is 0 Å². The lowest BCUT2D eigenvalue weighted by Gasteiger charge is -2.15. The van der Waals surface area contributed by atoms with Gasteiger partial charge in [0, 0.05) is 21.2 Å². The standard InChI is InChI=1S/C24H18Cl3N3O2/c1-14-2-4-16(5-3-14)23(31)28-21-22(15-6-9-18(25)10-7-15)30(29-24(21)32)13-17-8-11-19(26)12-20(17)27/h2-13,21-22H,1H3,(H-,28,29,31,32)/p+1/b30-13-/t21-,22+/m0/s1. The van der Waals surface area contributed by atoms with Gasteiger partial charge >= 0.3 is 5.91 Å². The first-order chi connectivity index (χ1) is 15.3. The highest BCUT2D eigenvalue weighted by Gasteiger charge is 2.47. The molecule has 0 aliphatic carbocycles. The lowest BCUT2D eigenvalue weighted by Crippen LogP contribution is -2.42. The predicted molar refractivity (Wildman–Crippen MR) is 127 cm³/mol. The molecule has 0 spiro atoms. The molecule has 1 fully saturated rings. The van der Waals surface area contributed by atoms with Crippen molar-refractivity contribution in [1.29, 1.82) is 0 Å². The van der Waals surface area contributed by atoms with Gasteiger partial charge in [-0.15, -0.1) is 10.1 Å². The number of carbonyl (C=O) groups excluding carboxylic acids is 2. The summed E-state index contributed by atoms with van der Waals surface area (Å²) in [7, 11) is 0. The van der Waals surface area contributed by atoms with Gasteiger partial charge in [-0.2, -0.15) is 0 Å². The van der Waals surface area contributed by atoms with E-state index in [2.05, 4.69) is 10.7 Å². The third-order valence-electron chi connectivity index (χ3n) is 5.19. The van der Waals surface area contributed by atoms with Gasteiger partial charge in [0.15, 0.2) is 6.04 Å². The zero-order valence-electron chi connectivity index (χ0n) is 17.0. The molecule has 3 aromatic rings. The molecule has 4 rings (SSSR count). The minimum Gasteiger partial charge on any atom is -0.334 e. The average Bonchev–Trinajstić information content (AvgIpc) is 3.06. The third kappa shape index (κ3) is 4.80. The molecule has 0 radical (unpaired) electrons. The van der Waals surface area contributed by atoms with E-state index in [4.69, 9.17) is 34.8 Å². The molecule has 162 valence electrons. The van der Waals surface area contributed by atoms with Crippen molar-refractivity contribution in [2.45, 2.75) is 19.0 Å². The molecule has 3 aromatic carbocycles. The first kappa shape index (κ1) is 22.3. The number of benzene rings is 3. The lowest BCUT2D eigenvalue weighted by molar-refractivity contribution is -0.596. The SMILES string of the molecule is Cc1ccc(C(=O)N[C@@H]2C(=O)N/[N+](=C\c3ccc(Cl)cc3Cl)[C@@H]2c2ccc(Cl)cc2)cc1. The third-order valence-corrected chi connectivity index (χ3v) is 6.00. The highest BCUT2D eigenvalue weighted by Crippen LogP contribution is 2.28. The number of nitrogens with one attached hydrogen (secondary N) is 2. The van der Waals surface area contributed by atoms with Crippen LogP contribution >= 0.6 is 34.8 Å². The van der Waals surface area contributed by atoms with Crippen molar-refractivity contribution >= 4 is 52.8 Å². The van der Waals surface area contributed by atoms with Gasteiger partial charge in [-0.1, -0.05) is 64.6 Å². The van der Waals surface area contributed by atoms with Crippen molar-refractivity contribution in [1.82, 2.24) is 10.7 Å². The van der Waals surface area contributed by atoms with Gasteiger partial charge < -0.3 is 5.32 Å². The number of hydrazine groups is 1. The number of hydrogen-bond acceptors (Lipinski definition) is 2. The summed E-state index contributed by atoms with van der Waals surface area (Å²) >= 11 is 18.4. The van der Waals surface area contributed by atoms with Crippen LogP contribution in [0, 0.1) is 6.92 Å². The van der Waals surface area contributed by atoms with Crippen molar-refractivity contribution in [3.8, 4) is 0 Å². The molecule has 0 aromatic heterocycles. The number of halogens is 3. The van der Waals surface area contributed by atoms with Gasteiger partial charge in [-0.05, 0) is 49.4 Å². The van der Waals surface area contributed by atoms with Crippen LogP contribution in [-0.2, 0) is 4.79 Å². The highest BCUT2D eigenvalue weighted by atomic mass is 35.5. The zero-order valence-corrected chi connectivity index (χ0v) is 19.2. The van der Waals surface area contributed by atoms with Crippen LogP contribution < -0.4 is 10.7 Å². The Balaban J connectivity index is 1.72. The van der Waals surface area contributed by atoms with Crippen LogP contribution in [-0.4, -0.2) is 28.8 Å². The van der Waals surface area contributed by atoms with Gasteiger partial charge in [0.25, 0.3) is 5.91 Å². The van der Waals surface area contributed by atoms with Crippen LogP contribution in [0.1, 0.15) is 33.1 Å². The first-order valence-electron chi connectivity index (χ1n) is 9.83. The number of hydrazone groups is 1. The van der Waals surface area contributed by atoms with Crippen LogP contribution in [0.2, 0.25) is 15.1 Å². The maximum atomic E-state index is 12.9. The summed E-state index contributed by atoms with van der Waals surface area (Å²) in [6.45, 7) is 1.94. The molecule has 0 bridgehead atoms. The Bertz CT molecular complexity index is 1210. The molecule has 0 unspecified atom stereocenters. The van der Waals surface area contributed by atoms with E-state index in [1.165, 1.54) is 0 Å². The second kappa shape index (κ2) is 9.33. The lowest BCUT2D eigenvalue weighted by atomic mass is 9.99. The molecule has 2 atom stereocenters. The van der Waals surface area contributed by atoms with Crippen molar-refractivity contribution in [2.75, 3.05) is 0 Å². The van der Waals surface area contributed by atoms with E-state index in [1.54, 1.807) is 53.4 Å². The van der Waals surface area contributed by atoms with Gasteiger partial charge in [0.1, 0.15) is 0 Å². The van der Waals surface area contributed by atoms with E-state index < -0.39 is 12.1 Å². The van der Waals surface area contributed by atoms with Crippen LogP contribution in [0.3, 0.4) is 0 Å². The first-order valence-corrected chi connectivity index (χ1v) is 11.0. The summed E-state index contributed by atoms with van der Waals surface area (Å²) in [5, 5.41) is 4.39. The minimum absolute atomic E-state index is 0.338. The average molecular weight is 488 g/mol. The van der Waals surface area contributed by atoms with E-state index in [-0.39, 0.29) is 11.8 Å². The smallest absolute Gasteiger partial charge is 0.304 e. The molecule has 8 heteroatoms. The summed E-state index contributed by atoms with van der Waals surface area (Å²) in [6, 6.07) is 18.0. The van der Waals surface area contributed by atoms with E-state index in [9.17, 15) is 9.59 Å². The fourth-order valence-electron chi connectivity index (χ4n) is 3.53. The molecule has 1 aliphatic rings. The Morgan fingerprint density at radius 1 is 0.969 bits per heavy atom. The zero-order chi connectivity index (χ0) is 22.8. The van der Waals surface area contributed by atoms with E-state index in [0.29, 0.717) is 26.2 Å². The molecule has 2 amide bonds. The molecule has 5 nitrogen and oxygen atoms in total. The molecule has 2 N–H and O–H groups in total. The van der Waals surface area contributed by atoms with E-state index in [0.717, 1.165) is 11.1 Å². The Morgan fingerprint density at radius 2 is 1.62 bits per heavy atom. The Kier molecular flexibility index (Phi) is 6.51. The largest absolute Gasteiger partial charge is 0.334 e. The maximum Gasteiger partial charge on any atom is 0.304 e. The van der Waals surface area contributed by atoms with Crippen LogP contribution in [0.4, 0.5) is 0 Å². The van der Waals surface area contributed by atoms with E-state index >= 15 is 0 Å². The summed E-state index contributed by atoms with van der Waals surface area (Å²) in [4.78, 5) is 25.8. The van der Waals surface area contributed by atoms with Crippen LogP contribution in [0.15, 0.2) is 66.7 Å². The molecule has 32 heavy (non-hydrogen) atoms. The number of amides is 2. The number of aryl methyl sites for hydroxylation is 1. The summed E-state index contributed by atoms with van der Waals surface area (Å²) < 4.78 is 1.64. The topological polar surface area (TPSA) is 61.2 Å². The van der Waals surface area contributed by atoms with Crippen molar-refractivity contribution < 1.29 is 14.3 Å². The van der Waals surface area contributed by atoms with Crippen LogP contribution in [0.25, 0.3) is 0 Å². The van der Waals surface area contributed by atoms with Gasteiger partial charge in [-0.3, -0.25) is 9.59 Å². The number of hydrogen-bond donors (Lipinski definition) is 2. The maximum absolute atomic E-state index is 12.9. The van der Waals surface area contributed by atoms with Gasteiger partial charge in [0.05, 0.1) is 10.6 Å². The van der Waals surface area contributed by atoms with Crippen molar-refractivity contribution in [3.05, 3.63) is 104 Å². The van der Waals surface area contributed by atoms with Crippen molar-refractivity contribution in [3.63, 3.8) is 0 Å². The van der Waals surface area contributed by atoms with E-state index in [1.807, 2.05) is 31.2 Å². The predicted octanol–water partition coefficient (Wildman–Crippen LogP) is 4.97. The second-order valence-electron chi connectivity index (χ2n) is 7.49. The Morgan fingerprint density at radius 3 is 2.28 bits per heavy atom. The molecule has 1 aliphatic heterocycles. The fourth-order valence-corrected chi connectivity index (χ4v) is 4.11. The van der Waals surface area contributed by atoms with Crippen LogP contribution in [0.5, 0.6) is 0 Å². The molecular weight excluding hydrogens is 469 g/mol. The summed E-state index contributed by atoms with van der Waals surface area (Å²) in [6.07, 6.45) is 1.72. The molecule has 1 heterocycles. The summed E-state index contributed by atoms with van der Waals surface area (Å²) in [5.41, 5.74) is 5.80. The number of carbonyl (C=O) groups is 2. The highest BCUT2D eigenvalue weighted by molar-refractivity contribution is 6.36.